The lowest BCUT2D eigenvalue weighted by Crippen LogP contribution is -2.31. The minimum absolute atomic E-state index is 0.0910. The van der Waals surface area contributed by atoms with E-state index in [0.29, 0.717) is 16.9 Å². The second-order valence-electron chi connectivity index (χ2n) is 8.00. The van der Waals surface area contributed by atoms with Crippen LogP contribution in [-0.4, -0.2) is 30.8 Å². The van der Waals surface area contributed by atoms with Gasteiger partial charge in [-0.15, -0.1) is 11.3 Å². The average Bonchev–Trinajstić information content (AvgIpc) is 3.38. The fraction of sp³-hybridized carbons (Fsp3) is 0.240. The highest BCUT2D eigenvalue weighted by Gasteiger charge is 2.33. The van der Waals surface area contributed by atoms with Crippen molar-refractivity contribution in [3.8, 4) is 11.1 Å². The van der Waals surface area contributed by atoms with Crippen LogP contribution in [0.25, 0.3) is 11.1 Å². The molecule has 3 heterocycles. The molecule has 0 aliphatic carbocycles. The minimum Gasteiger partial charge on any atom is -0.453 e. The third-order valence-corrected chi connectivity index (χ3v) is 6.77. The Kier molecular flexibility index (Phi) is 4.94. The Hall–Kier alpha value is -3.25. The maximum Gasteiger partial charge on any atom is 0.349 e. The van der Waals surface area contributed by atoms with Gasteiger partial charge in [-0.25, -0.2) is 4.79 Å². The van der Waals surface area contributed by atoms with Crippen LogP contribution in [0.3, 0.4) is 0 Å². The number of benzene rings is 2. The number of hydrogen-bond donors (Lipinski definition) is 0. The summed E-state index contributed by atoms with van der Waals surface area (Å²) in [5.41, 5.74) is 6.31. The van der Waals surface area contributed by atoms with Crippen LogP contribution in [0.4, 0.5) is 5.69 Å². The van der Waals surface area contributed by atoms with Gasteiger partial charge in [0, 0.05) is 17.7 Å². The van der Waals surface area contributed by atoms with Gasteiger partial charge in [0.1, 0.15) is 4.88 Å². The predicted octanol–water partition coefficient (Wildman–Crippen LogP) is 4.60. The lowest BCUT2D eigenvalue weighted by Gasteiger charge is -2.25. The molecule has 2 aromatic carbocycles. The number of thiophene rings is 1. The van der Waals surface area contributed by atoms with Crippen molar-refractivity contribution in [3.63, 3.8) is 0 Å². The van der Waals surface area contributed by atoms with Gasteiger partial charge in [-0.3, -0.25) is 9.59 Å². The fourth-order valence-electron chi connectivity index (χ4n) is 4.35. The van der Waals surface area contributed by atoms with Crippen molar-refractivity contribution in [1.29, 1.82) is 0 Å². The molecular weight excluding hydrogens is 410 g/mol. The number of Topliss-reactive ketones (excluding diaryl/α,β-unsaturated/α-hetero) is 1. The molecule has 0 N–H and O–H groups in total. The number of amides is 1. The molecule has 0 saturated carbocycles. The average molecular weight is 432 g/mol. The maximum absolute atomic E-state index is 12.8. The summed E-state index contributed by atoms with van der Waals surface area (Å²) in [7, 11) is 0. The van der Waals surface area contributed by atoms with E-state index in [1.165, 1.54) is 11.3 Å². The van der Waals surface area contributed by atoms with Gasteiger partial charge in [0.25, 0.3) is 0 Å². The summed E-state index contributed by atoms with van der Waals surface area (Å²) in [6.07, 6.45) is 2.07. The largest absolute Gasteiger partial charge is 0.453 e. The molecule has 0 spiro atoms. The molecule has 0 bridgehead atoms. The number of carbonyl (C=O) groups is 3. The molecule has 156 valence electrons. The van der Waals surface area contributed by atoms with Crippen LogP contribution in [0.15, 0.2) is 47.8 Å². The van der Waals surface area contributed by atoms with Gasteiger partial charge in [0.15, 0.2) is 12.4 Å². The van der Waals surface area contributed by atoms with Crippen molar-refractivity contribution in [3.05, 3.63) is 75.0 Å². The van der Waals surface area contributed by atoms with Gasteiger partial charge in [0.05, 0.1) is 12.1 Å². The lowest BCUT2D eigenvalue weighted by molar-refractivity contribution is -0.117. The molecule has 3 aromatic rings. The number of nitrogens with zero attached hydrogens (tertiary/aromatic N) is 1. The van der Waals surface area contributed by atoms with Gasteiger partial charge in [-0.05, 0) is 60.0 Å². The van der Waals surface area contributed by atoms with Crippen LogP contribution in [0.2, 0.25) is 0 Å². The Morgan fingerprint density at radius 2 is 1.87 bits per heavy atom. The van der Waals surface area contributed by atoms with Crippen molar-refractivity contribution in [2.75, 3.05) is 18.1 Å². The fourth-order valence-corrected chi connectivity index (χ4v) is 5.16. The van der Waals surface area contributed by atoms with E-state index in [4.69, 9.17) is 4.74 Å². The van der Waals surface area contributed by atoms with Crippen LogP contribution in [0.5, 0.6) is 0 Å². The summed E-state index contributed by atoms with van der Waals surface area (Å²) < 4.78 is 5.38. The van der Waals surface area contributed by atoms with Gasteiger partial charge < -0.3 is 9.64 Å². The zero-order valence-electron chi connectivity index (χ0n) is 17.1. The number of hydrogen-bond acceptors (Lipinski definition) is 5. The summed E-state index contributed by atoms with van der Waals surface area (Å²) in [6, 6.07) is 13.5. The monoisotopic (exact) mass is 431 g/mol. The van der Waals surface area contributed by atoms with E-state index in [-0.39, 0.29) is 18.3 Å². The van der Waals surface area contributed by atoms with Crippen LogP contribution in [0.1, 0.15) is 43.1 Å². The van der Waals surface area contributed by atoms with Crippen molar-refractivity contribution in [2.45, 2.75) is 26.2 Å². The van der Waals surface area contributed by atoms with E-state index in [1.807, 2.05) is 53.6 Å². The van der Waals surface area contributed by atoms with Crippen LogP contribution in [-0.2, 0) is 22.4 Å². The molecule has 2 aliphatic heterocycles. The zero-order valence-corrected chi connectivity index (χ0v) is 18.0. The van der Waals surface area contributed by atoms with E-state index >= 15 is 0 Å². The third kappa shape index (κ3) is 3.57. The van der Waals surface area contributed by atoms with E-state index in [0.717, 1.165) is 52.9 Å². The maximum atomic E-state index is 12.8. The number of anilines is 1. The molecule has 31 heavy (non-hydrogen) atoms. The highest BCUT2D eigenvalue weighted by molar-refractivity contribution is 7.12. The molecular formula is C25H21NO4S. The van der Waals surface area contributed by atoms with Crippen molar-refractivity contribution in [1.82, 2.24) is 0 Å². The van der Waals surface area contributed by atoms with Crippen molar-refractivity contribution in [2.24, 2.45) is 0 Å². The van der Waals surface area contributed by atoms with Crippen LogP contribution < -0.4 is 4.90 Å². The van der Waals surface area contributed by atoms with Crippen molar-refractivity contribution >= 4 is 34.7 Å². The molecule has 0 fully saturated rings. The predicted molar refractivity (Wildman–Crippen MR) is 120 cm³/mol. The summed E-state index contributed by atoms with van der Waals surface area (Å²) >= 11 is 1.31. The summed E-state index contributed by atoms with van der Waals surface area (Å²) in [4.78, 5) is 40.0. The normalized spacial score (nSPS) is 14.5. The first-order chi connectivity index (χ1) is 15.0. The number of ether oxygens (including phenoxy) is 1. The van der Waals surface area contributed by atoms with Gasteiger partial charge in [-0.2, -0.15) is 0 Å². The molecule has 5 nitrogen and oxygen atoms in total. The molecule has 0 unspecified atom stereocenters. The number of rotatable bonds is 5. The van der Waals surface area contributed by atoms with Crippen molar-refractivity contribution < 1.29 is 19.1 Å². The molecule has 0 saturated heterocycles. The van der Waals surface area contributed by atoms with E-state index in [2.05, 4.69) is 0 Å². The second kappa shape index (κ2) is 7.78. The number of carbonyl (C=O) groups excluding carboxylic acids is 3. The Morgan fingerprint density at radius 3 is 2.68 bits per heavy atom. The Balaban J connectivity index is 1.32. The van der Waals surface area contributed by atoms with Crippen LogP contribution >= 0.6 is 11.3 Å². The third-order valence-electron chi connectivity index (χ3n) is 5.88. The SMILES string of the molecule is Cc1ccc(-c2ccsc2C(=O)OCC(=O)c2cc3c4c(c2)CC(=O)N4CCC3)cc1. The Labute approximate surface area is 184 Å². The molecule has 2 aliphatic rings. The topological polar surface area (TPSA) is 63.7 Å². The van der Waals surface area contributed by atoms with Gasteiger partial charge in [0.2, 0.25) is 5.91 Å². The molecule has 0 radical (unpaired) electrons. The van der Waals surface area contributed by atoms with E-state index in [9.17, 15) is 14.4 Å². The molecule has 1 aromatic heterocycles. The Morgan fingerprint density at radius 1 is 1.10 bits per heavy atom. The van der Waals surface area contributed by atoms with Gasteiger partial charge >= 0.3 is 5.97 Å². The number of ketones is 1. The van der Waals surface area contributed by atoms with Crippen LogP contribution in [0, 0.1) is 6.92 Å². The molecule has 5 rings (SSSR count). The highest BCUT2D eigenvalue weighted by Crippen LogP contribution is 2.37. The highest BCUT2D eigenvalue weighted by atomic mass is 32.1. The Bertz CT molecular complexity index is 1210. The first-order valence-electron chi connectivity index (χ1n) is 10.3. The molecule has 6 heteroatoms. The van der Waals surface area contributed by atoms with E-state index < -0.39 is 5.97 Å². The summed E-state index contributed by atoms with van der Waals surface area (Å²) in [6.45, 7) is 2.44. The minimum atomic E-state index is -0.497. The summed E-state index contributed by atoms with van der Waals surface area (Å²) in [5.74, 6) is -0.659. The molecule has 0 atom stereocenters. The lowest BCUT2D eigenvalue weighted by atomic mass is 9.95. The molecule has 1 amide bonds. The standard InChI is InChI=1S/C25H21NO4S/c1-15-4-6-16(7-5-15)20-8-10-31-24(20)25(29)30-14-21(27)18-11-17-3-2-9-26-22(28)13-19(12-18)23(17)26/h4-8,10-12H,2-3,9,13-14H2,1H3. The smallest absolute Gasteiger partial charge is 0.349 e. The quantitative estimate of drug-likeness (QED) is 0.438. The second-order valence-corrected chi connectivity index (χ2v) is 8.91. The summed E-state index contributed by atoms with van der Waals surface area (Å²) in [5, 5.41) is 1.85. The first kappa shape index (κ1) is 19.7. The number of esters is 1. The van der Waals surface area contributed by atoms with Gasteiger partial charge in [-0.1, -0.05) is 29.8 Å². The zero-order chi connectivity index (χ0) is 21.5. The van der Waals surface area contributed by atoms with E-state index in [1.54, 1.807) is 6.07 Å². The number of aryl methyl sites for hydroxylation is 2. The first-order valence-corrected chi connectivity index (χ1v) is 11.2.